The van der Waals surface area contributed by atoms with Gasteiger partial charge >= 0.3 is 0 Å². The first-order valence-corrected chi connectivity index (χ1v) is 9.79. The van der Waals surface area contributed by atoms with Crippen LogP contribution in [0.2, 0.25) is 0 Å². The molecule has 27 heavy (non-hydrogen) atoms. The average molecular weight is 367 g/mol. The first kappa shape index (κ1) is 19.3. The van der Waals surface area contributed by atoms with E-state index in [1.807, 2.05) is 12.4 Å². The molecule has 0 amide bonds. The molecular formula is C21H30N6. The number of aromatic nitrogens is 5. The number of H-pyrrole nitrogens is 2. The third-order valence-corrected chi connectivity index (χ3v) is 4.95. The molecule has 3 heterocycles. The Morgan fingerprint density at radius 3 is 1.81 bits per heavy atom. The molecule has 2 N–H and O–H groups in total. The molecule has 0 radical (unpaired) electrons. The standard InChI is InChI=1S/C21H30N6/c1-5-20-23-15(3)18(25-20)13-27(12-9-17-7-10-22-11-8-17)14-19-16(4)24-21(6-2)26-19/h7-8,10-11H,5-6,9,12-14H2,1-4H3,(H,23,25)(H,24,26). The van der Waals surface area contributed by atoms with Gasteiger partial charge in [-0.25, -0.2) is 9.97 Å². The van der Waals surface area contributed by atoms with Crippen LogP contribution in [0.4, 0.5) is 0 Å². The van der Waals surface area contributed by atoms with Crippen LogP contribution >= 0.6 is 0 Å². The molecule has 0 fully saturated rings. The van der Waals surface area contributed by atoms with Crippen molar-refractivity contribution >= 4 is 0 Å². The highest BCUT2D eigenvalue weighted by molar-refractivity contribution is 5.16. The Morgan fingerprint density at radius 1 is 0.852 bits per heavy atom. The molecule has 6 nitrogen and oxygen atoms in total. The Bertz CT molecular complexity index is 799. The highest BCUT2D eigenvalue weighted by atomic mass is 15.2. The van der Waals surface area contributed by atoms with E-state index >= 15 is 0 Å². The minimum Gasteiger partial charge on any atom is -0.346 e. The molecular weight excluding hydrogens is 336 g/mol. The third-order valence-electron chi connectivity index (χ3n) is 4.95. The summed E-state index contributed by atoms with van der Waals surface area (Å²) in [6.45, 7) is 11.1. The summed E-state index contributed by atoms with van der Waals surface area (Å²) in [6.07, 6.45) is 6.55. The summed E-state index contributed by atoms with van der Waals surface area (Å²) in [5.74, 6) is 2.11. The number of rotatable bonds is 9. The summed E-state index contributed by atoms with van der Waals surface area (Å²) in [4.78, 5) is 22.9. The molecule has 0 spiro atoms. The second-order valence-electron chi connectivity index (χ2n) is 7.03. The molecule has 0 aliphatic carbocycles. The quantitative estimate of drug-likeness (QED) is 0.608. The second kappa shape index (κ2) is 8.95. The molecule has 0 aliphatic rings. The molecule has 0 aliphatic heterocycles. The van der Waals surface area contributed by atoms with Crippen molar-refractivity contribution < 1.29 is 0 Å². The molecule has 0 unspecified atom stereocenters. The van der Waals surface area contributed by atoms with E-state index < -0.39 is 0 Å². The maximum Gasteiger partial charge on any atom is 0.106 e. The molecule has 3 aromatic rings. The van der Waals surface area contributed by atoms with Crippen LogP contribution in [0.1, 0.15) is 53.8 Å². The first-order chi connectivity index (χ1) is 13.1. The lowest BCUT2D eigenvalue weighted by molar-refractivity contribution is 0.253. The van der Waals surface area contributed by atoms with Gasteiger partial charge in [-0.1, -0.05) is 13.8 Å². The van der Waals surface area contributed by atoms with Gasteiger partial charge in [0.1, 0.15) is 11.6 Å². The van der Waals surface area contributed by atoms with Crippen molar-refractivity contribution in [2.24, 2.45) is 0 Å². The molecule has 0 saturated carbocycles. The maximum absolute atomic E-state index is 4.77. The highest BCUT2D eigenvalue weighted by Crippen LogP contribution is 2.15. The zero-order chi connectivity index (χ0) is 19.2. The Kier molecular flexibility index (Phi) is 6.40. The summed E-state index contributed by atoms with van der Waals surface area (Å²) in [5.41, 5.74) is 5.88. The zero-order valence-corrected chi connectivity index (χ0v) is 16.8. The van der Waals surface area contributed by atoms with Crippen LogP contribution < -0.4 is 0 Å². The predicted molar refractivity (Wildman–Crippen MR) is 107 cm³/mol. The van der Waals surface area contributed by atoms with Gasteiger partial charge in [-0.2, -0.15) is 0 Å². The van der Waals surface area contributed by atoms with Gasteiger partial charge in [0, 0.05) is 56.3 Å². The molecule has 3 aromatic heterocycles. The monoisotopic (exact) mass is 366 g/mol. The SMILES string of the molecule is CCc1nc(CN(CCc2ccncc2)Cc2nc(CC)[nH]c2C)c(C)[nH]1. The van der Waals surface area contributed by atoms with Gasteiger partial charge in [0.25, 0.3) is 0 Å². The van der Waals surface area contributed by atoms with Gasteiger partial charge in [0.05, 0.1) is 11.4 Å². The lowest BCUT2D eigenvalue weighted by Crippen LogP contribution is -2.26. The molecule has 0 saturated heterocycles. The lowest BCUT2D eigenvalue weighted by Gasteiger charge is -2.21. The fraction of sp³-hybridized carbons (Fsp3) is 0.476. The maximum atomic E-state index is 4.77. The smallest absolute Gasteiger partial charge is 0.106 e. The second-order valence-corrected chi connectivity index (χ2v) is 7.03. The zero-order valence-electron chi connectivity index (χ0n) is 16.8. The molecule has 144 valence electrons. The van der Waals surface area contributed by atoms with Crippen LogP contribution in [0.3, 0.4) is 0 Å². The van der Waals surface area contributed by atoms with Crippen molar-refractivity contribution in [1.29, 1.82) is 0 Å². The third kappa shape index (κ3) is 5.04. The molecule has 0 atom stereocenters. The van der Waals surface area contributed by atoms with Crippen molar-refractivity contribution in [3.05, 3.63) is 64.5 Å². The van der Waals surface area contributed by atoms with Gasteiger partial charge in [-0.05, 0) is 38.0 Å². The van der Waals surface area contributed by atoms with E-state index in [1.54, 1.807) is 0 Å². The van der Waals surface area contributed by atoms with Gasteiger partial charge in [0.2, 0.25) is 0 Å². The Morgan fingerprint density at radius 2 is 1.37 bits per heavy atom. The van der Waals surface area contributed by atoms with Crippen molar-refractivity contribution in [2.45, 2.75) is 60.0 Å². The van der Waals surface area contributed by atoms with Gasteiger partial charge < -0.3 is 9.97 Å². The van der Waals surface area contributed by atoms with E-state index in [2.05, 4.69) is 59.7 Å². The van der Waals surface area contributed by atoms with Crippen LogP contribution in [0.15, 0.2) is 24.5 Å². The summed E-state index contributed by atoms with van der Waals surface area (Å²) in [6, 6.07) is 4.17. The van der Waals surface area contributed by atoms with E-state index in [1.165, 1.54) is 5.56 Å². The number of nitrogens with one attached hydrogen (secondary N) is 2. The van der Waals surface area contributed by atoms with Crippen LogP contribution in [0.25, 0.3) is 0 Å². The highest BCUT2D eigenvalue weighted by Gasteiger charge is 2.15. The number of pyridine rings is 1. The number of aromatic amines is 2. The van der Waals surface area contributed by atoms with Crippen LogP contribution in [-0.4, -0.2) is 36.4 Å². The summed E-state index contributed by atoms with van der Waals surface area (Å²) in [7, 11) is 0. The van der Waals surface area contributed by atoms with Gasteiger partial charge in [0.15, 0.2) is 0 Å². The van der Waals surface area contributed by atoms with Gasteiger partial charge in [-0.3, -0.25) is 9.88 Å². The number of hydrogen-bond donors (Lipinski definition) is 2. The number of nitrogens with zero attached hydrogens (tertiary/aromatic N) is 4. The average Bonchev–Trinajstić information content (AvgIpc) is 3.22. The van der Waals surface area contributed by atoms with Crippen molar-refractivity contribution in [3.63, 3.8) is 0 Å². The first-order valence-electron chi connectivity index (χ1n) is 9.79. The van der Waals surface area contributed by atoms with E-state index in [0.717, 1.165) is 73.3 Å². The van der Waals surface area contributed by atoms with E-state index in [9.17, 15) is 0 Å². The summed E-state index contributed by atoms with van der Waals surface area (Å²) >= 11 is 0. The predicted octanol–water partition coefficient (Wildman–Crippen LogP) is 3.51. The fourth-order valence-corrected chi connectivity index (χ4v) is 3.24. The van der Waals surface area contributed by atoms with Crippen LogP contribution in [0.5, 0.6) is 0 Å². The Balaban J connectivity index is 1.76. The van der Waals surface area contributed by atoms with Crippen molar-refractivity contribution in [1.82, 2.24) is 29.8 Å². The number of imidazole rings is 2. The molecule has 6 heteroatoms. The summed E-state index contributed by atoms with van der Waals surface area (Å²) in [5, 5.41) is 0. The lowest BCUT2D eigenvalue weighted by atomic mass is 10.2. The molecule has 3 rings (SSSR count). The van der Waals surface area contributed by atoms with Crippen molar-refractivity contribution in [3.8, 4) is 0 Å². The topological polar surface area (TPSA) is 73.5 Å². The molecule has 0 aromatic carbocycles. The Labute approximate surface area is 161 Å². The number of aryl methyl sites for hydroxylation is 4. The normalized spacial score (nSPS) is 11.4. The van der Waals surface area contributed by atoms with Crippen molar-refractivity contribution in [2.75, 3.05) is 6.54 Å². The Hall–Kier alpha value is -2.47. The summed E-state index contributed by atoms with van der Waals surface area (Å²) < 4.78 is 0. The fourth-order valence-electron chi connectivity index (χ4n) is 3.24. The largest absolute Gasteiger partial charge is 0.346 e. The van der Waals surface area contributed by atoms with E-state index in [0.29, 0.717) is 0 Å². The minimum atomic E-state index is 0.821. The number of hydrogen-bond acceptors (Lipinski definition) is 4. The van der Waals surface area contributed by atoms with Crippen LogP contribution in [0, 0.1) is 13.8 Å². The van der Waals surface area contributed by atoms with E-state index in [-0.39, 0.29) is 0 Å². The van der Waals surface area contributed by atoms with Gasteiger partial charge in [-0.15, -0.1) is 0 Å². The minimum absolute atomic E-state index is 0.821. The van der Waals surface area contributed by atoms with Crippen LogP contribution in [-0.2, 0) is 32.4 Å². The molecule has 0 bridgehead atoms. The van der Waals surface area contributed by atoms with E-state index in [4.69, 9.17) is 9.97 Å².